The first kappa shape index (κ1) is 28.7. The summed E-state index contributed by atoms with van der Waals surface area (Å²) in [5.41, 5.74) is 2.65. The van der Waals surface area contributed by atoms with E-state index < -0.39 is 5.97 Å². The SMILES string of the molecule is C.C#CC#CC#CC#COC(=O)C=C.S=C(SCc1ccccc1)SCc1ccccc1.[HH].[HH].[HH]. The molecule has 0 fully saturated rings. The number of rotatable bonds is 5. The van der Waals surface area contributed by atoms with Gasteiger partial charge in [0.25, 0.3) is 0 Å². The molecule has 32 heavy (non-hydrogen) atoms. The van der Waals surface area contributed by atoms with Crippen molar-refractivity contribution in [2.45, 2.75) is 18.9 Å². The van der Waals surface area contributed by atoms with Crippen LogP contribution in [0, 0.1) is 48.1 Å². The van der Waals surface area contributed by atoms with Crippen molar-refractivity contribution >= 4 is 45.2 Å². The molecular weight excluding hydrogens is 452 g/mol. The van der Waals surface area contributed by atoms with Gasteiger partial charge in [0, 0.05) is 39.6 Å². The molecule has 0 bridgehead atoms. The van der Waals surface area contributed by atoms with E-state index in [0.29, 0.717) is 0 Å². The van der Waals surface area contributed by atoms with Gasteiger partial charge in [-0.25, -0.2) is 4.79 Å². The number of ether oxygens (including phenoxy) is 1. The monoisotopic (exact) mass is 480 g/mol. The normalized spacial score (nSPS) is 7.84. The fourth-order valence-corrected chi connectivity index (χ4v) is 3.74. The summed E-state index contributed by atoms with van der Waals surface area (Å²) in [4.78, 5) is 10.4. The summed E-state index contributed by atoms with van der Waals surface area (Å²) >= 11 is 8.86. The minimum Gasteiger partial charge on any atom is -0.368 e. The summed E-state index contributed by atoms with van der Waals surface area (Å²) < 4.78 is 5.31. The van der Waals surface area contributed by atoms with Crippen LogP contribution < -0.4 is 0 Å². The van der Waals surface area contributed by atoms with Crippen LogP contribution in [0.2, 0.25) is 0 Å². The number of thioether (sulfide) groups is 2. The topological polar surface area (TPSA) is 26.3 Å². The number of hydrogen-bond acceptors (Lipinski definition) is 5. The Labute approximate surface area is 210 Å². The average Bonchev–Trinajstić information content (AvgIpc) is 2.82. The number of thiocarbonyl (C=S) groups is 1. The summed E-state index contributed by atoms with van der Waals surface area (Å²) in [5, 5.41) is 0. The van der Waals surface area contributed by atoms with Gasteiger partial charge in [-0.2, -0.15) is 0 Å². The largest absolute Gasteiger partial charge is 0.368 e. The molecule has 2 aromatic rings. The Balaban J connectivity index is -0.000000258. The Morgan fingerprint density at radius 2 is 1.41 bits per heavy atom. The molecule has 0 saturated heterocycles. The van der Waals surface area contributed by atoms with Gasteiger partial charge in [0.1, 0.15) is 9.64 Å². The molecule has 2 nitrogen and oxygen atoms in total. The van der Waals surface area contributed by atoms with Crippen molar-refractivity contribution in [1.29, 1.82) is 0 Å². The Bertz CT molecular complexity index is 1050. The van der Waals surface area contributed by atoms with E-state index in [1.165, 1.54) is 11.1 Å². The summed E-state index contributed by atoms with van der Waals surface area (Å²) in [6, 6.07) is 20.9. The second kappa shape index (κ2) is 19.6. The number of carbonyl (C=O) groups is 1. The van der Waals surface area contributed by atoms with Crippen LogP contribution in [0.25, 0.3) is 0 Å². The van der Waals surface area contributed by atoms with Gasteiger partial charge in [-0.05, 0) is 28.9 Å². The second-order valence-electron chi connectivity index (χ2n) is 5.30. The lowest BCUT2D eigenvalue weighted by atomic mass is 10.2. The summed E-state index contributed by atoms with van der Waals surface area (Å²) in [7, 11) is 0. The van der Waals surface area contributed by atoms with E-state index in [1.54, 1.807) is 23.5 Å². The molecule has 0 radical (unpaired) electrons. The first-order chi connectivity index (χ1) is 15.2. The van der Waals surface area contributed by atoms with Crippen molar-refractivity contribution < 1.29 is 13.8 Å². The molecule has 2 rings (SSSR count). The van der Waals surface area contributed by atoms with E-state index in [1.807, 2.05) is 18.2 Å². The molecule has 0 saturated carbocycles. The van der Waals surface area contributed by atoms with Crippen LogP contribution in [0.1, 0.15) is 22.8 Å². The molecule has 0 aliphatic carbocycles. The molecule has 0 aliphatic heterocycles. The highest BCUT2D eigenvalue weighted by Gasteiger charge is 2.01. The summed E-state index contributed by atoms with van der Waals surface area (Å²) in [6.45, 7) is 3.18. The zero-order valence-electron chi connectivity index (χ0n) is 16.6. The molecule has 0 aliphatic rings. The number of hydrogen-bond donors (Lipinski definition) is 0. The van der Waals surface area contributed by atoms with Gasteiger partial charge in [0.15, 0.2) is 0 Å². The zero-order chi connectivity index (χ0) is 22.6. The van der Waals surface area contributed by atoms with Crippen LogP contribution in [0.4, 0.5) is 0 Å². The molecule has 0 spiro atoms. The Morgan fingerprint density at radius 3 is 1.88 bits per heavy atom. The third-order valence-electron chi connectivity index (χ3n) is 3.09. The van der Waals surface area contributed by atoms with E-state index in [-0.39, 0.29) is 11.7 Å². The fourth-order valence-electron chi connectivity index (χ4n) is 1.75. The lowest BCUT2D eigenvalue weighted by Gasteiger charge is -2.04. The fraction of sp³-hybridized carbons (Fsp3) is 0.111. The number of terminal acetylenes is 1. The van der Waals surface area contributed by atoms with Crippen LogP contribution in [0.3, 0.4) is 0 Å². The van der Waals surface area contributed by atoms with Gasteiger partial charge in [-0.15, -0.1) is 29.9 Å². The average molecular weight is 481 g/mol. The van der Waals surface area contributed by atoms with E-state index >= 15 is 0 Å². The molecule has 0 atom stereocenters. The molecule has 0 N–H and O–H groups in total. The number of carbonyl (C=O) groups excluding carboxylic acids is 1. The van der Waals surface area contributed by atoms with Crippen LogP contribution >= 0.6 is 35.7 Å². The van der Waals surface area contributed by atoms with E-state index in [0.717, 1.165) is 21.1 Å². The predicted molar refractivity (Wildman–Crippen MR) is 150 cm³/mol. The number of benzene rings is 2. The molecule has 0 aromatic heterocycles. The van der Waals surface area contributed by atoms with Gasteiger partial charge in [0.05, 0.1) is 0 Å². The van der Waals surface area contributed by atoms with Crippen LogP contribution in [0.15, 0.2) is 73.3 Å². The Hall–Kier alpha value is -3.32. The first-order valence-electron chi connectivity index (χ1n) is 8.82. The maximum absolute atomic E-state index is 10.4. The molecule has 5 heteroatoms. The molecule has 0 amide bonds. The van der Waals surface area contributed by atoms with Crippen molar-refractivity contribution in [2.75, 3.05) is 0 Å². The minimum atomic E-state index is -0.621. The Morgan fingerprint density at radius 1 is 0.938 bits per heavy atom. The molecule has 0 heterocycles. The molecule has 166 valence electrons. The van der Waals surface area contributed by atoms with Crippen LogP contribution in [0.5, 0.6) is 0 Å². The molecule has 0 unspecified atom stereocenters. The third kappa shape index (κ3) is 15.5. The van der Waals surface area contributed by atoms with E-state index in [2.05, 4.69) is 95.4 Å². The standard InChI is InChI=1S/C15H14S3.C11H4O2.CH4.3H2/c16-15(17-11-13-7-3-1-4-8-13)18-12-14-9-5-2-6-10-14;1-3-5-6-7-8-9-10-13-11(12)4-2;;;;/h1-10H,11-12H2;1,4H,2H2;1H4;3*1H. The van der Waals surface area contributed by atoms with Gasteiger partial charge >= 0.3 is 5.97 Å². The highest BCUT2D eigenvalue weighted by atomic mass is 32.2. The third-order valence-corrected chi connectivity index (χ3v) is 5.93. The smallest absolute Gasteiger partial charge is 0.344 e. The van der Waals surface area contributed by atoms with E-state index in [4.69, 9.17) is 18.6 Å². The molecule has 2 aromatic carbocycles. The van der Waals surface area contributed by atoms with Gasteiger partial charge in [-0.3, -0.25) is 0 Å². The van der Waals surface area contributed by atoms with Gasteiger partial charge in [0.2, 0.25) is 0 Å². The maximum atomic E-state index is 10.4. The van der Waals surface area contributed by atoms with Crippen molar-refractivity contribution in [2.24, 2.45) is 0 Å². The second-order valence-corrected chi connectivity index (χ2v) is 8.45. The van der Waals surface area contributed by atoms with Gasteiger partial charge in [-0.1, -0.05) is 86.9 Å². The summed E-state index contributed by atoms with van der Waals surface area (Å²) in [6.07, 6.45) is 7.87. The van der Waals surface area contributed by atoms with Crippen molar-refractivity contribution in [3.8, 4) is 48.1 Å². The van der Waals surface area contributed by atoms with Crippen LogP contribution in [-0.4, -0.2) is 9.50 Å². The lowest BCUT2D eigenvalue weighted by molar-refractivity contribution is -0.131. The quantitative estimate of drug-likeness (QED) is 0.202. The van der Waals surface area contributed by atoms with Gasteiger partial charge < -0.3 is 4.74 Å². The van der Waals surface area contributed by atoms with Crippen molar-refractivity contribution in [3.63, 3.8) is 0 Å². The number of esters is 1. The minimum absolute atomic E-state index is 0. The zero-order valence-corrected chi connectivity index (χ0v) is 19.0. The maximum Gasteiger partial charge on any atom is 0.344 e. The first-order valence-corrected chi connectivity index (χ1v) is 11.2. The molecular formula is C27H28O2S3. The Kier molecular flexibility index (Phi) is 17.6. The highest BCUT2D eigenvalue weighted by molar-refractivity contribution is 8.46. The summed E-state index contributed by atoms with van der Waals surface area (Å²) in [5.74, 6) is 14.9. The van der Waals surface area contributed by atoms with Crippen LogP contribution in [-0.2, 0) is 21.0 Å². The van der Waals surface area contributed by atoms with E-state index in [9.17, 15) is 4.79 Å². The highest BCUT2D eigenvalue weighted by Crippen LogP contribution is 2.24. The lowest BCUT2D eigenvalue weighted by Crippen LogP contribution is -1.91. The van der Waals surface area contributed by atoms with Crippen molar-refractivity contribution in [3.05, 3.63) is 84.4 Å². The van der Waals surface area contributed by atoms with Crippen molar-refractivity contribution in [1.82, 2.24) is 0 Å². The predicted octanol–water partition coefficient (Wildman–Crippen LogP) is 6.83.